The van der Waals surface area contributed by atoms with E-state index in [4.69, 9.17) is 9.15 Å². The molecule has 3 heterocycles. The van der Waals surface area contributed by atoms with Crippen molar-refractivity contribution in [1.82, 2.24) is 4.90 Å². The van der Waals surface area contributed by atoms with E-state index in [1.807, 2.05) is 17.0 Å². The van der Waals surface area contributed by atoms with Gasteiger partial charge in [0.25, 0.3) is 5.91 Å². The standard InChI is InChI=1S/C22H26N2O4/c25-20-13-18(14-24-12-9-17-7-3-4-8-19(17)24)27-15-21(20)28-16-22(26)23-10-5-1-2-6-11-23/h3-4,7-8,13,15H,1-2,5-6,9-12,14,16H2. The molecule has 2 aliphatic heterocycles. The molecule has 1 saturated heterocycles. The summed E-state index contributed by atoms with van der Waals surface area (Å²) in [6, 6.07) is 9.75. The summed E-state index contributed by atoms with van der Waals surface area (Å²) in [5, 5.41) is 0. The summed E-state index contributed by atoms with van der Waals surface area (Å²) >= 11 is 0. The van der Waals surface area contributed by atoms with Crippen LogP contribution in [0, 0.1) is 0 Å². The molecule has 0 N–H and O–H groups in total. The second kappa shape index (κ2) is 8.50. The fraction of sp³-hybridized carbons (Fsp3) is 0.455. The van der Waals surface area contributed by atoms with Crippen LogP contribution in [-0.4, -0.2) is 37.0 Å². The van der Waals surface area contributed by atoms with E-state index in [0.29, 0.717) is 12.3 Å². The van der Waals surface area contributed by atoms with Crippen LogP contribution in [0.25, 0.3) is 0 Å². The lowest BCUT2D eigenvalue weighted by Crippen LogP contribution is -2.36. The third-order valence-corrected chi connectivity index (χ3v) is 5.49. The zero-order valence-corrected chi connectivity index (χ0v) is 16.1. The fourth-order valence-corrected chi connectivity index (χ4v) is 3.94. The molecule has 1 amide bonds. The second-order valence-electron chi connectivity index (χ2n) is 7.46. The molecule has 1 fully saturated rings. The lowest BCUT2D eigenvalue weighted by molar-refractivity contribution is -0.133. The van der Waals surface area contributed by atoms with Crippen LogP contribution in [0.15, 0.2) is 45.8 Å². The predicted molar refractivity (Wildman–Crippen MR) is 107 cm³/mol. The maximum Gasteiger partial charge on any atom is 0.260 e. The maximum absolute atomic E-state index is 12.4. The summed E-state index contributed by atoms with van der Waals surface area (Å²) in [5.74, 6) is 0.612. The Labute approximate surface area is 164 Å². The van der Waals surface area contributed by atoms with Gasteiger partial charge in [-0.2, -0.15) is 0 Å². The van der Waals surface area contributed by atoms with Crippen LogP contribution in [-0.2, 0) is 17.8 Å². The minimum Gasteiger partial charge on any atom is -0.477 e. The molecule has 0 saturated carbocycles. The highest BCUT2D eigenvalue weighted by molar-refractivity contribution is 5.77. The van der Waals surface area contributed by atoms with Crippen molar-refractivity contribution in [2.45, 2.75) is 38.6 Å². The number of nitrogens with zero attached hydrogens (tertiary/aromatic N) is 2. The van der Waals surface area contributed by atoms with Crippen molar-refractivity contribution in [2.75, 3.05) is 31.1 Å². The number of para-hydroxylation sites is 1. The number of likely N-dealkylation sites (tertiary alicyclic amines) is 1. The Morgan fingerprint density at radius 1 is 1.07 bits per heavy atom. The zero-order chi connectivity index (χ0) is 19.3. The van der Waals surface area contributed by atoms with Crippen LogP contribution < -0.4 is 15.1 Å². The molecule has 6 heteroatoms. The van der Waals surface area contributed by atoms with Crippen molar-refractivity contribution in [3.63, 3.8) is 0 Å². The molecule has 0 unspecified atom stereocenters. The molecule has 6 nitrogen and oxygen atoms in total. The first kappa shape index (κ1) is 18.6. The second-order valence-corrected chi connectivity index (χ2v) is 7.46. The smallest absolute Gasteiger partial charge is 0.260 e. The molecular weight excluding hydrogens is 356 g/mol. The third kappa shape index (κ3) is 4.21. The largest absolute Gasteiger partial charge is 0.477 e. The van der Waals surface area contributed by atoms with Crippen LogP contribution in [0.3, 0.4) is 0 Å². The summed E-state index contributed by atoms with van der Waals surface area (Å²) in [6.45, 7) is 2.87. The number of ether oxygens (including phenoxy) is 1. The van der Waals surface area contributed by atoms with Gasteiger partial charge in [-0.25, -0.2) is 0 Å². The van der Waals surface area contributed by atoms with Gasteiger partial charge in [0.2, 0.25) is 11.2 Å². The number of anilines is 1. The molecule has 0 aliphatic carbocycles. The Kier molecular flexibility index (Phi) is 5.65. The van der Waals surface area contributed by atoms with E-state index in [0.717, 1.165) is 51.7 Å². The molecular formula is C22H26N2O4. The van der Waals surface area contributed by atoms with Crippen LogP contribution in [0.4, 0.5) is 5.69 Å². The number of rotatable bonds is 5. The van der Waals surface area contributed by atoms with Crippen molar-refractivity contribution < 1.29 is 13.9 Å². The minimum atomic E-state index is -0.252. The fourth-order valence-electron chi connectivity index (χ4n) is 3.94. The van der Waals surface area contributed by atoms with Gasteiger partial charge in [0.1, 0.15) is 12.0 Å². The predicted octanol–water partition coefficient (Wildman–Crippen LogP) is 2.98. The molecule has 0 radical (unpaired) electrons. The van der Waals surface area contributed by atoms with Gasteiger partial charge in [0.15, 0.2) is 6.61 Å². The van der Waals surface area contributed by atoms with Crippen molar-refractivity contribution in [3.05, 3.63) is 58.1 Å². The van der Waals surface area contributed by atoms with Crippen molar-refractivity contribution in [1.29, 1.82) is 0 Å². The number of hydrogen-bond donors (Lipinski definition) is 0. The van der Waals surface area contributed by atoms with E-state index >= 15 is 0 Å². The Morgan fingerprint density at radius 3 is 2.64 bits per heavy atom. The maximum atomic E-state index is 12.4. The number of carbonyl (C=O) groups excluding carboxylic acids is 1. The monoisotopic (exact) mass is 382 g/mol. The average Bonchev–Trinajstić information content (AvgIpc) is 2.91. The van der Waals surface area contributed by atoms with Gasteiger partial charge in [-0.15, -0.1) is 0 Å². The first-order valence-corrected chi connectivity index (χ1v) is 10.1. The Hall–Kier alpha value is -2.76. The van der Waals surface area contributed by atoms with Crippen molar-refractivity contribution >= 4 is 11.6 Å². The quantitative estimate of drug-likeness (QED) is 0.796. The molecule has 0 atom stereocenters. The van der Waals surface area contributed by atoms with Crippen LogP contribution in [0.5, 0.6) is 5.75 Å². The first-order valence-electron chi connectivity index (χ1n) is 10.1. The summed E-state index contributed by atoms with van der Waals surface area (Å²) < 4.78 is 11.1. The third-order valence-electron chi connectivity index (χ3n) is 5.49. The number of carbonyl (C=O) groups is 1. The molecule has 0 spiro atoms. The highest BCUT2D eigenvalue weighted by Gasteiger charge is 2.20. The van der Waals surface area contributed by atoms with Gasteiger partial charge in [0, 0.05) is 31.4 Å². The highest BCUT2D eigenvalue weighted by Crippen LogP contribution is 2.28. The number of benzene rings is 1. The molecule has 0 bridgehead atoms. The number of amides is 1. The van der Waals surface area contributed by atoms with Crippen LogP contribution in [0.2, 0.25) is 0 Å². The number of fused-ring (bicyclic) bond motifs is 1. The highest BCUT2D eigenvalue weighted by atomic mass is 16.5. The van der Waals surface area contributed by atoms with Gasteiger partial charge in [0.05, 0.1) is 6.54 Å². The SMILES string of the molecule is O=C(COc1coc(CN2CCc3ccccc32)cc1=O)N1CCCCCC1. The number of hydrogen-bond acceptors (Lipinski definition) is 5. The normalized spacial score (nSPS) is 16.6. The lowest BCUT2D eigenvalue weighted by Gasteiger charge is -2.20. The lowest BCUT2D eigenvalue weighted by atomic mass is 10.2. The summed E-state index contributed by atoms with van der Waals surface area (Å²) in [5.41, 5.74) is 2.25. The van der Waals surface area contributed by atoms with Crippen molar-refractivity contribution in [3.8, 4) is 5.75 Å². The zero-order valence-electron chi connectivity index (χ0n) is 16.1. The van der Waals surface area contributed by atoms with Gasteiger partial charge in [-0.1, -0.05) is 31.0 Å². The van der Waals surface area contributed by atoms with E-state index in [1.54, 1.807) is 0 Å². The Balaban J connectivity index is 1.36. The van der Waals surface area contributed by atoms with Crippen molar-refractivity contribution in [2.24, 2.45) is 0 Å². The molecule has 148 valence electrons. The summed E-state index contributed by atoms with van der Waals surface area (Å²) in [6.07, 6.45) is 6.72. The topological polar surface area (TPSA) is 63.0 Å². The molecule has 4 rings (SSSR count). The van der Waals surface area contributed by atoms with E-state index in [9.17, 15) is 9.59 Å². The van der Waals surface area contributed by atoms with Crippen LogP contribution >= 0.6 is 0 Å². The van der Waals surface area contributed by atoms with E-state index < -0.39 is 0 Å². The summed E-state index contributed by atoms with van der Waals surface area (Å²) in [4.78, 5) is 28.7. The molecule has 2 aromatic rings. The van der Waals surface area contributed by atoms with Gasteiger partial charge >= 0.3 is 0 Å². The van der Waals surface area contributed by atoms with E-state index in [1.165, 1.54) is 23.6 Å². The summed E-state index contributed by atoms with van der Waals surface area (Å²) in [7, 11) is 0. The Morgan fingerprint density at radius 2 is 1.86 bits per heavy atom. The first-order chi connectivity index (χ1) is 13.7. The van der Waals surface area contributed by atoms with E-state index in [2.05, 4.69) is 17.0 Å². The van der Waals surface area contributed by atoms with Crippen LogP contribution in [0.1, 0.15) is 37.0 Å². The molecule has 1 aromatic carbocycles. The van der Waals surface area contributed by atoms with Gasteiger partial charge in [-0.3, -0.25) is 9.59 Å². The Bertz CT molecular complexity index is 884. The molecule has 28 heavy (non-hydrogen) atoms. The van der Waals surface area contributed by atoms with E-state index in [-0.39, 0.29) is 23.7 Å². The molecule has 2 aliphatic rings. The van der Waals surface area contributed by atoms with Gasteiger partial charge in [-0.05, 0) is 30.9 Å². The van der Waals surface area contributed by atoms with Gasteiger partial charge < -0.3 is 19.0 Å². The minimum absolute atomic E-state index is 0.0703. The average molecular weight is 382 g/mol. The molecule has 1 aromatic heterocycles.